The number of nitrogens with zero attached hydrogens (tertiary/aromatic N) is 4. The fourth-order valence-electron chi connectivity index (χ4n) is 5.11. The molecule has 5 rings (SSSR count). The molecule has 0 saturated carbocycles. The van der Waals surface area contributed by atoms with Crippen molar-refractivity contribution in [1.82, 2.24) is 14.8 Å². The summed E-state index contributed by atoms with van der Waals surface area (Å²) in [5, 5.41) is 10.4. The SMILES string of the molecule is C=CC(=O)N1CCN2C(=O)c3c(N4CCOC(C)(C)C4)nc(-c4c(O)cccc4F)c(F)c3OC[C@H]2C1. The number of benzene rings is 1. The second kappa shape index (κ2) is 9.29. The average molecular weight is 515 g/mol. The van der Waals surface area contributed by atoms with Crippen LogP contribution in [0.1, 0.15) is 24.2 Å². The second-order valence-electron chi connectivity index (χ2n) is 9.92. The summed E-state index contributed by atoms with van der Waals surface area (Å²) in [5.41, 5.74) is -1.53. The summed E-state index contributed by atoms with van der Waals surface area (Å²) in [6.07, 6.45) is 1.21. The van der Waals surface area contributed by atoms with Crippen molar-refractivity contribution in [3.8, 4) is 22.8 Å². The Balaban J connectivity index is 1.67. The molecule has 3 aliphatic rings. The van der Waals surface area contributed by atoms with Gasteiger partial charge in [-0.15, -0.1) is 0 Å². The van der Waals surface area contributed by atoms with Crippen LogP contribution in [0.25, 0.3) is 11.3 Å². The zero-order valence-electron chi connectivity index (χ0n) is 20.7. The lowest BCUT2D eigenvalue weighted by Gasteiger charge is -2.41. The summed E-state index contributed by atoms with van der Waals surface area (Å²) in [7, 11) is 0. The molecule has 0 spiro atoms. The first-order valence-corrected chi connectivity index (χ1v) is 12.1. The highest BCUT2D eigenvalue weighted by Gasteiger charge is 2.42. The molecule has 9 nitrogen and oxygen atoms in total. The molecule has 2 aromatic rings. The molecule has 2 fully saturated rings. The molecular formula is C26H28F2N4O5. The molecular weight excluding hydrogens is 486 g/mol. The zero-order valence-corrected chi connectivity index (χ0v) is 20.7. The van der Waals surface area contributed by atoms with E-state index in [1.165, 1.54) is 18.2 Å². The minimum absolute atomic E-state index is 0.0687. The van der Waals surface area contributed by atoms with Gasteiger partial charge in [0, 0.05) is 32.7 Å². The maximum absolute atomic E-state index is 16.0. The number of piperazine rings is 1. The third kappa shape index (κ3) is 4.37. The number of carbonyl (C=O) groups excluding carboxylic acids is 2. The lowest BCUT2D eigenvalue weighted by molar-refractivity contribution is -0.128. The molecule has 11 heteroatoms. The first-order chi connectivity index (χ1) is 17.6. The first kappa shape index (κ1) is 24.9. The molecule has 2 saturated heterocycles. The van der Waals surface area contributed by atoms with E-state index in [2.05, 4.69) is 11.6 Å². The van der Waals surface area contributed by atoms with Crippen molar-refractivity contribution in [3.63, 3.8) is 0 Å². The molecule has 37 heavy (non-hydrogen) atoms. The molecule has 1 aromatic carbocycles. The first-order valence-electron chi connectivity index (χ1n) is 12.1. The Hall–Kier alpha value is -3.73. The second-order valence-corrected chi connectivity index (χ2v) is 9.92. The Labute approximate surface area is 212 Å². The van der Waals surface area contributed by atoms with Crippen LogP contribution in [-0.4, -0.2) is 89.3 Å². The molecule has 196 valence electrons. The minimum atomic E-state index is -1.04. The zero-order chi connectivity index (χ0) is 26.5. The van der Waals surface area contributed by atoms with Crippen LogP contribution >= 0.6 is 0 Å². The third-order valence-electron chi connectivity index (χ3n) is 6.89. The Morgan fingerprint density at radius 3 is 2.73 bits per heavy atom. The summed E-state index contributed by atoms with van der Waals surface area (Å²) in [6, 6.07) is 3.10. The number of carbonyl (C=O) groups is 2. The Kier molecular flexibility index (Phi) is 6.26. The van der Waals surface area contributed by atoms with Crippen molar-refractivity contribution >= 4 is 17.6 Å². The van der Waals surface area contributed by atoms with Crippen LogP contribution in [0.15, 0.2) is 30.9 Å². The van der Waals surface area contributed by atoms with Gasteiger partial charge in [-0.3, -0.25) is 9.59 Å². The number of pyridine rings is 1. The van der Waals surface area contributed by atoms with Crippen LogP contribution in [0.3, 0.4) is 0 Å². The van der Waals surface area contributed by atoms with Crippen molar-refractivity contribution < 1.29 is 33.0 Å². The number of fused-ring (bicyclic) bond motifs is 2. The van der Waals surface area contributed by atoms with Gasteiger partial charge in [0.15, 0.2) is 11.6 Å². The van der Waals surface area contributed by atoms with Gasteiger partial charge in [0.25, 0.3) is 5.91 Å². The maximum atomic E-state index is 16.0. The number of rotatable bonds is 3. The van der Waals surface area contributed by atoms with E-state index in [4.69, 9.17) is 9.47 Å². The number of anilines is 1. The summed E-state index contributed by atoms with van der Waals surface area (Å²) < 4.78 is 42.6. The summed E-state index contributed by atoms with van der Waals surface area (Å²) in [5.74, 6) is -3.38. The van der Waals surface area contributed by atoms with Crippen LogP contribution in [0.4, 0.5) is 14.6 Å². The predicted octanol–water partition coefficient (Wildman–Crippen LogP) is 2.58. The number of phenolic OH excluding ortho intramolecular Hbond substituents is 1. The number of hydrogen-bond acceptors (Lipinski definition) is 7. The molecule has 2 amide bonds. The van der Waals surface area contributed by atoms with Gasteiger partial charge in [-0.1, -0.05) is 12.6 Å². The van der Waals surface area contributed by atoms with Crippen LogP contribution in [0.5, 0.6) is 11.5 Å². The number of hydrogen-bond donors (Lipinski definition) is 1. The smallest absolute Gasteiger partial charge is 0.262 e. The van der Waals surface area contributed by atoms with Gasteiger partial charge in [0.1, 0.15) is 35.2 Å². The molecule has 3 aliphatic heterocycles. The summed E-state index contributed by atoms with van der Waals surface area (Å²) >= 11 is 0. The molecule has 1 aromatic heterocycles. The number of aromatic nitrogens is 1. The Bertz CT molecular complexity index is 1260. The van der Waals surface area contributed by atoms with Gasteiger partial charge in [-0.2, -0.15) is 0 Å². The average Bonchev–Trinajstić information content (AvgIpc) is 3.00. The Morgan fingerprint density at radius 1 is 1.24 bits per heavy atom. The van der Waals surface area contributed by atoms with Gasteiger partial charge < -0.3 is 29.3 Å². The van der Waals surface area contributed by atoms with E-state index in [1.54, 1.807) is 14.7 Å². The van der Waals surface area contributed by atoms with Crippen molar-refractivity contribution in [2.24, 2.45) is 0 Å². The van der Waals surface area contributed by atoms with Gasteiger partial charge >= 0.3 is 0 Å². The van der Waals surface area contributed by atoms with Crippen LogP contribution < -0.4 is 9.64 Å². The lowest BCUT2D eigenvalue weighted by atomic mass is 10.0. The van der Waals surface area contributed by atoms with Crippen molar-refractivity contribution in [1.29, 1.82) is 0 Å². The normalized spacial score (nSPS) is 21.0. The highest BCUT2D eigenvalue weighted by atomic mass is 19.1. The van der Waals surface area contributed by atoms with E-state index < -0.39 is 46.2 Å². The number of morpholine rings is 1. The van der Waals surface area contributed by atoms with Gasteiger partial charge in [-0.25, -0.2) is 13.8 Å². The maximum Gasteiger partial charge on any atom is 0.262 e. The summed E-state index contributed by atoms with van der Waals surface area (Å²) in [4.78, 5) is 35.5. The molecule has 4 heterocycles. The standard InChI is InChI=1S/C26H28F2N4O5/c1-4-18(34)30-8-9-32-15(12-30)13-36-23-20(25(32)35)24(31-10-11-37-26(2,3)14-31)29-22(21(23)28)19-16(27)6-5-7-17(19)33/h4-7,15,33H,1,8-14H2,2-3H3/t15-/m1/s1. The van der Waals surface area contributed by atoms with Crippen molar-refractivity contribution in [3.05, 3.63) is 48.1 Å². The number of halogens is 2. The molecule has 0 radical (unpaired) electrons. The van der Waals surface area contributed by atoms with Gasteiger partial charge in [-0.05, 0) is 32.1 Å². The Morgan fingerprint density at radius 2 is 2.03 bits per heavy atom. The van der Waals surface area contributed by atoms with E-state index >= 15 is 4.39 Å². The third-order valence-corrected chi connectivity index (χ3v) is 6.89. The van der Waals surface area contributed by atoms with Crippen LogP contribution in [0, 0.1) is 11.6 Å². The molecule has 0 unspecified atom stereocenters. The predicted molar refractivity (Wildman–Crippen MR) is 131 cm³/mol. The quantitative estimate of drug-likeness (QED) is 0.629. The van der Waals surface area contributed by atoms with E-state index in [0.29, 0.717) is 26.2 Å². The van der Waals surface area contributed by atoms with Crippen LogP contribution in [-0.2, 0) is 9.53 Å². The molecule has 0 aliphatic carbocycles. The lowest BCUT2D eigenvalue weighted by Crippen LogP contribution is -2.57. The number of amides is 2. The highest BCUT2D eigenvalue weighted by Crippen LogP contribution is 2.43. The molecule has 1 atom stereocenters. The fourth-order valence-corrected chi connectivity index (χ4v) is 5.11. The molecule has 1 N–H and O–H groups in total. The van der Waals surface area contributed by atoms with Gasteiger partial charge in [0.05, 0.1) is 23.8 Å². The van der Waals surface area contributed by atoms with E-state index in [-0.39, 0.29) is 42.7 Å². The topological polar surface area (TPSA) is 95.4 Å². The monoisotopic (exact) mass is 514 g/mol. The number of ether oxygens (including phenoxy) is 2. The number of aromatic hydroxyl groups is 1. The number of phenols is 1. The van der Waals surface area contributed by atoms with Crippen LogP contribution in [0.2, 0.25) is 0 Å². The van der Waals surface area contributed by atoms with E-state index in [9.17, 15) is 19.1 Å². The highest BCUT2D eigenvalue weighted by molar-refractivity contribution is 6.03. The van der Waals surface area contributed by atoms with Crippen molar-refractivity contribution in [2.45, 2.75) is 25.5 Å². The van der Waals surface area contributed by atoms with Gasteiger partial charge in [0.2, 0.25) is 5.91 Å². The fraction of sp³-hybridized carbons (Fsp3) is 0.423. The van der Waals surface area contributed by atoms with Crippen molar-refractivity contribution in [2.75, 3.05) is 50.8 Å². The summed E-state index contributed by atoms with van der Waals surface area (Å²) in [6.45, 7) is 8.93. The minimum Gasteiger partial charge on any atom is -0.507 e. The van der Waals surface area contributed by atoms with E-state index in [0.717, 1.165) is 6.07 Å². The largest absolute Gasteiger partial charge is 0.507 e. The molecule has 0 bridgehead atoms. The van der Waals surface area contributed by atoms with E-state index in [1.807, 2.05) is 13.8 Å².